The summed E-state index contributed by atoms with van der Waals surface area (Å²) in [4.78, 5) is 16.3. The molecule has 3 rings (SSSR count). The molecule has 0 unspecified atom stereocenters. The molecule has 1 N–H and O–H groups in total. The van der Waals surface area contributed by atoms with E-state index in [1.54, 1.807) is 18.3 Å². The number of aromatic nitrogens is 1. The molecule has 0 saturated heterocycles. The highest BCUT2D eigenvalue weighted by molar-refractivity contribution is 5.99. The van der Waals surface area contributed by atoms with Crippen LogP contribution in [-0.2, 0) is 6.42 Å². The highest BCUT2D eigenvalue weighted by Gasteiger charge is 2.23. The van der Waals surface area contributed by atoms with Gasteiger partial charge in [0.05, 0.1) is 5.56 Å². The van der Waals surface area contributed by atoms with Crippen molar-refractivity contribution < 1.29 is 19.4 Å². The Morgan fingerprint density at radius 2 is 2.15 bits per heavy atom. The number of fused-ring (bicyclic) bond motifs is 1. The minimum Gasteiger partial charge on any atom is -0.504 e. The quantitative estimate of drug-likeness (QED) is 0.864. The number of phenols is 1. The van der Waals surface area contributed by atoms with Crippen molar-refractivity contribution in [2.45, 2.75) is 12.8 Å². The van der Waals surface area contributed by atoms with Crippen molar-refractivity contribution in [3.8, 4) is 17.2 Å². The smallest absolute Gasteiger partial charge is 0.231 e. The van der Waals surface area contributed by atoms with Crippen LogP contribution in [0.5, 0.6) is 17.2 Å². The zero-order valence-electron chi connectivity index (χ0n) is 10.7. The Hall–Kier alpha value is -2.56. The highest BCUT2D eigenvalue weighted by atomic mass is 16.7. The molecule has 2 aromatic rings. The molecule has 1 aliphatic rings. The molecule has 1 aromatic carbocycles. The lowest BCUT2D eigenvalue weighted by Gasteiger charge is -2.06. The van der Waals surface area contributed by atoms with Crippen molar-refractivity contribution in [3.05, 3.63) is 47.8 Å². The van der Waals surface area contributed by atoms with Crippen molar-refractivity contribution in [2.24, 2.45) is 0 Å². The number of carbonyl (C=O) groups excluding carboxylic acids is 1. The maximum absolute atomic E-state index is 12.2. The van der Waals surface area contributed by atoms with Gasteiger partial charge in [-0.25, -0.2) is 0 Å². The van der Waals surface area contributed by atoms with Crippen LogP contribution in [0.4, 0.5) is 0 Å². The van der Waals surface area contributed by atoms with E-state index in [9.17, 15) is 9.90 Å². The summed E-state index contributed by atoms with van der Waals surface area (Å²) >= 11 is 0. The number of ether oxygens (including phenoxy) is 2. The Morgan fingerprint density at radius 3 is 2.95 bits per heavy atom. The monoisotopic (exact) mass is 271 g/mol. The number of rotatable bonds is 4. The number of ketones is 1. The van der Waals surface area contributed by atoms with E-state index in [1.165, 1.54) is 0 Å². The molecule has 2 heterocycles. The molecule has 5 nitrogen and oxygen atoms in total. The van der Waals surface area contributed by atoms with Crippen molar-refractivity contribution in [3.63, 3.8) is 0 Å². The van der Waals surface area contributed by atoms with Gasteiger partial charge < -0.3 is 14.6 Å². The SMILES string of the molecule is O=C(CCc1ccccn1)c1ccc2c(c1O)OCO2. The molecular formula is C15H13NO4. The lowest BCUT2D eigenvalue weighted by atomic mass is 10.0. The van der Waals surface area contributed by atoms with Crippen LogP contribution >= 0.6 is 0 Å². The van der Waals surface area contributed by atoms with E-state index in [1.807, 2.05) is 18.2 Å². The number of hydrogen-bond donors (Lipinski definition) is 1. The second-order valence-electron chi connectivity index (χ2n) is 4.44. The first-order valence-corrected chi connectivity index (χ1v) is 6.30. The van der Waals surface area contributed by atoms with E-state index < -0.39 is 0 Å². The van der Waals surface area contributed by atoms with E-state index in [4.69, 9.17) is 9.47 Å². The molecule has 0 radical (unpaired) electrons. The Bertz CT molecular complexity index is 640. The van der Waals surface area contributed by atoms with E-state index in [0.717, 1.165) is 5.69 Å². The van der Waals surface area contributed by atoms with Gasteiger partial charge in [0, 0.05) is 18.3 Å². The number of carbonyl (C=O) groups is 1. The van der Waals surface area contributed by atoms with Gasteiger partial charge in [-0.15, -0.1) is 0 Å². The second kappa shape index (κ2) is 5.21. The van der Waals surface area contributed by atoms with E-state index in [-0.39, 0.29) is 36.1 Å². The third-order valence-corrected chi connectivity index (χ3v) is 3.15. The number of Topliss-reactive ketones (excluding diaryl/α,β-unsaturated/α-hetero) is 1. The van der Waals surface area contributed by atoms with Crippen LogP contribution in [0.15, 0.2) is 36.5 Å². The predicted octanol–water partition coefficient (Wildman–Crippen LogP) is 2.33. The summed E-state index contributed by atoms with van der Waals surface area (Å²) in [6, 6.07) is 8.77. The van der Waals surface area contributed by atoms with E-state index in [2.05, 4.69) is 4.98 Å². The lowest BCUT2D eigenvalue weighted by molar-refractivity contribution is 0.0979. The minimum atomic E-state index is -0.147. The van der Waals surface area contributed by atoms with Crippen LogP contribution in [0.3, 0.4) is 0 Å². The maximum atomic E-state index is 12.2. The first-order chi connectivity index (χ1) is 9.75. The molecule has 0 fully saturated rings. The van der Waals surface area contributed by atoms with E-state index in [0.29, 0.717) is 12.2 Å². The summed E-state index contributed by atoms with van der Waals surface area (Å²) in [6.07, 6.45) is 2.51. The first-order valence-electron chi connectivity index (χ1n) is 6.30. The molecule has 0 atom stereocenters. The Labute approximate surface area is 115 Å². The van der Waals surface area contributed by atoms with Gasteiger partial charge in [0.1, 0.15) is 0 Å². The molecule has 102 valence electrons. The molecular weight excluding hydrogens is 258 g/mol. The van der Waals surface area contributed by atoms with Crippen molar-refractivity contribution in [1.82, 2.24) is 4.98 Å². The molecule has 0 saturated carbocycles. The van der Waals surface area contributed by atoms with Crippen molar-refractivity contribution in [1.29, 1.82) is 0 Å². The summed E-state index contributed by atoms with van der Waals surface area (Å²) in [5, 5.41) is 10.0. The summed E-state index contributed by atoms with van der Waals surface area (Å²) in [7, 11) is 0. The molecule has 0 spiro atoms. The Morgan fingerprint density at radius 1 is 1.25 bits per heavy atom. The maximum Gasteiger partial charge on any atom is 0.231 e. The molecule has 1 aromatic heterocycles. The number of benzene rings is 1. The highest BCUT2D eigenvalue weighted by Crippen LogP contribution is 2.42. The van der Waals surface area contributed by atoms with Crippen LogP contribution in [-0.4, -0.2) is 22.7 Å². The zero-order valence-corrected chi connectivity index (χ0v) is 10.7. The van der Waals surface area contributed by atoms with Crippen LogP contribution in [0.25, 0.3) is 0 Å². The van der Waals surface area contributed by atoms with Crippen LogP contribution in [0.2, 0.25) is 0 Å². The van der Waals surface area contributed by atoms with Gasteiger partial charge in [-0.2, -0.15) is 0 Å². The number of pyridine rings is 1. The van der Waals surface area contributed by atoms with Gasteiger partial charge in [-0.3, -0.25) is 9.78 Å². The van der Waals surface area contributed by atoms with E-state index >= 15 is 0 Å². The summed E-state index contributed by atoms with van der Waals surface area (Å²) in [5.74, 6) is 0.412. The molecule has 0 amide bonds. The third-order valence-electron chi connectivity index (χ3n) is 3.15. The predicted molar refractivity (Wildman–Crippen MR) is 71.1 cm³/mol. The number of nitrogens with zero attached hydrogens (tertiary/aromatic N) is 1. The fourth-order valence-electron chi connectivity index (χ4n) is 2.10. The number of phenolic OH excluding ortho intramolecular Hbond substituents is 1. The average molecular weight is 271 g/mol. The topological polar surface area (TPSA) is 68.7 Å². The van der Waals surface area contributed by atoms with Gasteiger partial charge in [-0.05, 0) is 30.7 Å². The van der Waals surface area contributed by atoms with Gasteiger partial charge in [-0.1, -0.05) is 6.07 Å². The van der Waals surface area contributed by atoms with Gasteiger partial charge >= 0.3 is 0 Å². The molecule has 5 heteroatoms. The molecule has 0 bridgehead atoms. The van der Waals surface area contributed by atoms with Gasteiger partial charge in [0.2, 0.25) is 12.5 Å². The minimum absolute atomic E-state index is 0.0640. The first kappa shape index (κ1) is 12.5. The molecule has 1 aliphatic heterocycles. The fourth-order valence-corrected chi connectivity index (χ4v) is 2.10. The van der Waals surface area contributed by atoms with Crippen LogP contribution in [0, 0.1) is 0 Å². The number of hydrogen-bond acceptors (Lipinski definition) is 5. The summed E-state index contributed by atoms with van der Waals surface area (Å²) in [6.45, 7) is 0.0640. The average Bonchev–Trinajstić information content (AvgIpc) is 2.96. The molecule has 0 aliphatic carbocycles. The largest absolute Gasteiger partial charge is 0.504 e. The van der Waals surface area contributed by atoms with Crippen molar-refractivity contribution in [2.75, 3.05) is 6.79 Å². The number of aromatic hydroxyl groups is 1. The Balaban J connectivity index is 1.75. The van der Waals surface area contributed by atoms with Crippen LogP contribution < -0.4 is 9.47 Å². The normalized spacial score (nSPS) is 12.4. The van der Waals surface area contributed by atoms with Gasteiger partial charge in [0.25, 0.3) is 0 Å². The zero-order chi connectivity index (χ0) is 13.9. The number of aryl methyl sites for hydroxylation is 1. The summed E-state index contributed by atoms with van der Waals surface area (Å²) in [5.41, 5.74) is 1.10. The molecule has 20 heavy (non-hydrogen) atoms. The van der Waals surface area contributed by atoms with Gasteiger partial charge in [0.15, 0.2) is 17.3 Å². The fraction of sp³-hybridized carbons (Fsp3) is 0.200. The van der Waals surface area contributed by atoms with Crippen LogP contribution in [0.1, 0.15) is 22.5 Å². The second-order valence-corrected chi connectivity index (χ2v) is 4.44. The summed E-state index contributed by atoms with van der Waals surface area (Å²) < 4.78 is 10.3. The Kier molecular flexibility index (Phi) is 3.25. The van der Waals surface area contributed by atoms with Crippen molar-refractivity contribution >= 4 is 5.78 Å². The lowest BCUT2D eigenvalue weighted by Crippen LogP contribution is -2.02. The standard InChI is InChI=1S/C15H13NO4/c17-12(6-4-10-3-1-2-8-16-10)11-5-7-13-15(14(11)18)20-9-19-13/h1-3,5,7-8,18H,4,6,9H2. The third kappa shape index (κ3) is 2.30.